The van der Waals surface area contributed by atoms with Crippen LogP contribution < -0.4 is 11.1 Å². The monoisotopic (exact) mass is 381 g/mol. The lowest BCUT2D eigenvalue weighted by Crippen LogP contribution is -2.37. The summed E-state index contributed by atoms with van der Waals surface area (Å²) in [4.78, 5) is 14.8. The first-order valence-corrected chi connectivity index (χ1v) is 8.06. The maximum absolute atomic E-state index is 12.3. The Balaban J connectivity index is 0.00000156. The summed E-state index contributed by atoms with van der Waals surface area (Å²) >= 11 is 0. The van der Waals surface area contributed by atoms with Crippen molar-refractivity contribution in [1.82, 2.24) is 10.2 Å². The molecule has 136 valence electrons. The van der Waals surface area contributed by atoms with E-state index in [2.05, 4.69) is 41.4 Å². The molecule has 1 aliphatic rings. The van der Waals surface area contributed by atoms with E-state index in [1.165, 1.54) is 5.56 Å². The quantitative estimate of drug-likeness (QED) is 0.796. The summed E-state index contributed by atoms with van der Waals surface area (Å²) in [5.41, 5.74) is 8.29. The van der Waals surface area contributed by atoms with E-state index in [0.717, 1.165) is 19.5 Å². The highest BCUT2D eigenvalue weighted by atomic mass is 35.5. The molecule has 0 saturated carbocycles. The highest BCUT2D eigenvalue weighted by Gasteiger charge is 2.30. The molecule has 6 heteroatoms. The van der Waals surface area contributed by atoms with E-state index in [0.29, 0.717) is 17.3 Å². The number of hydrogen-bond donors (Lipinski definition) is 2. The lowest BCUT2D eigenvalue weighted by molar-refractivity contribution is 0.0937. The topological polar surface area (TPSA) is 58.4 Å². The zero-order valence-electron chi connectivity index (χ0n) is 14.2. The maximum atomic E-state index is 12.3. The third-order valence-electron chi connectivity index (χ3n) is 4.42. The normalized spacial score (nSPS) is 19.6. The van der Waals surface area contributed by atoms with Crippen LogP contribution in [0.5, 0.6) is 0 Å². The van der Waals surface area contributed by atoms with Gasteiger partial charge in [0.2, 0.25) is 0 Å². The number of nitrogen functional groups attached to an aromatic ring is 1. The summed E-state index contributed by atoms with van der Waals surface area (Å²) in [7, 11) is 0. The molecule has 1 heterocycles. The van der Waals surface area contributed by atoms with Crippen LogP contribution in [0.2, 0.25) is 0 Å². The van der Waals surface area contributed by atoms with E-state index in [4.69, 9.17) is 5.73 Å². The van der Waals surface area contributed by atoms with E-state index in [1.54, 1.807) is 18.2 Å². The zero-order valence-corrected chi connectivity index (χ0v) is 15.9. The number of anilines is 1. The van der Waals surface area contributed by atoms with Crippen LogP contribution in [0.25, 0.3) is 0 Å². The number of benzene rings is 2. The predicted molar refractivity (Wildman–Crippen MR) is 108 cm³/mol. The van der Waals surface area contributed by atoms with E-state index in [1.807, 2.05) is 12.1 Å². The van der Waals surface area contributed by atoms with Gasteiger partial charge in [0.25, 0.3) is 5.91 Å². The van der Waals surface area contributed by atoms with Crippen molar-refractivity contribution in [2.45, 2.75) is 32.0 Å². The third-order valence-corrected chi connectivity index (χ3v) is 4.42. The van der Waals surface area contributed by atoms with Crippen molar-refractivity contribution in [1.29, 1.82) is 0 Å². The molecule has 0 radical (unpaired) electrons. The van der Waals surface area contributed by atoms with Crippen LogP contribution in [0.4, 0.5) is 5.69 Å². The summed E-state index contributed by atoms with van der Waals surface area (Å²) < 4.78 is 0. The fraction of sp³-hybridized carbons (Fsp3) is 0.316. The fourth-order valence-electron chi connectivity index (χ4n) is 3.19. The average Bonchev–Trinajstić information content (AvgIpc) is 2.88. The van der Waals surface area contributed by atoms with E-state index in [9.17, 15) is 4.79 Å². The maximum Gasteiger partial charge on any atom is 0.251 e. The summed E-state index contributed by atoms with van der Waals surface area (Å²) in [5.74, 6) is -0.0453. The first-order valence-electron chi connectivity index (χ1n) is 8.06. The van der Waals surface area contributed by atoms with Crippen LogP contribution in [0, 0.1) is 0 Å². The molecule has 0 aliphatic carbocycles. The Morgan fingerprint density at radius 2 is 1.88 bits per heavy atom. The molecule has 0 spiro atoms. The first-order chi connectivity index (χ1) is 11.1. The number of hydrogen-bond acceptors (Lipinski definition) is 3. The van der Waals surface area contributed by atoms with Crippen LogP contribution >= 0.6 is 24.8 Å². The largest absolute Gasteiger partial charge is 0.399 e. The Hall–Kier alpha value is -1.75. The van der Waals surface area contributed by atoms with Crippen molar-refractivity contribution in [3.63, 3.8) is 0 Å². The summed E-state index contributed by atoms with van der Waals surface area (Å²) in [6.07, 6.45) is 0.973. The molecule has 0 bridgehead atoms. The third kappa shape index (κ3) is 5.63. The number of halogens is 2. The molecule has 4 nitrogen and oxygen atoms in total. The molecule has 1 fully saturated rings. The van der Waals surface area contributed by atoms with Gasteiger partial charge in [0.15, 0.2) is 0 Å². The summed E-state index contributed by atoms with van der Waals surface area (Å²) in [6, 6.07) is 18.2. The van der Waals surface area contributed by atoms with Crippen molar-refractivity contribution >= 4 is 36.4 Å². The Kier molecular flexibility index (Phi) is 8.23. The summed E-state index contributed by atoms with van der Waals surface area (Å²) in [6.45, 7) is 4.02. The van der Waals surface area contributed by atoms with Gasteiger partial charge in [0, 0.05) is 36.4 Å². The molecule has 3 N–H and O–H groups in total. The minimum atomic E-state index is -0.0453. The van der Waals surface area contributed by atoms with E-state index >= 15 is 0 Å². The standard InChI is InChI=1S/C19H23N3O.2ClH/c1-14-10-18(13-22(14)12-15-6-3-2-4-7-15)21-19(23)16-8-5-9-17(20)11-16;;/h2-9,11,14,18H,10,12-13,20H2,1H3,(H,21,23);2*1H. The average molecular weight is 382 g/mol. The number of rotatable bonds is 4. The van der Waals surface area contributed by atoms with Crippen LogP contribution in [-0.2, 0) is 6.54 Å². The van der Waals surface area contributed by atoms with Crippen molar-refractivity contribution < 1.29 is 4.79 Å². The highest BCUT2D eigenvalue weighted by molar-refractivity contribution is 5.95. The number of nitrogens with two attached hydrogens (primary N) is 1. The SMILES string of the molecule is CC1CC(NC(=O)c2cccc(N)c2)CN1Cc1ccccc1.Cl.Cl. The highest BCUT2D eigenvalue weighted by Crippen LogP contribution is 2.20. The molecule has 1 aliphatic heterocycles. The number of nitrogens with one attached hydrogen (secondary N) is 1. The van der Waals surface area contributed by atoms with E-state index in [-0.39, 0.29) is 36.8 Å². The van der Waals surface area contributed by atoms with Crippen LogP contribution in [0.15, 0.2) is 54.6 Å². The van der Waals surface area contributed by atoms with Gasteiger partial charge in [-0.3, -0.25) is 9.69 Å². The Bertz CT molecular complexity index is 681. The molecular formula is C19H25Cl2N3O. The Labute approximate surface area is 161 Å². The lowest BCUT2D eigenvalue weighted by atomic mass is 10.1. The van der Waals surface area contributed by atoms with Gasteiger partial charge in [-0.05, 0) is 37.1 Å². The molecule has 2 aromatic rings. The first kappa shape index (κ1) is 21.3. The number of carbonyl (C=O) groups is 1. The molecule has 1 amide bonds. The van der Waals surface area contributed by atoms with Gasteiger partial charge in [-0.1, -0.05) is 36.4 Å². The second kappa shape index (κ2) is 9.66. The minimum Gasteiger partial charge on any atom is -0.399 e. The van der Waals surface area contributed by atoms with Gasteiger partial charge in [-0.2, -0.15) is 0 Å². The molecule has 1 saturated heterocycles. The van der Waals surface area contributed by atoms with Crippen LogP contribution in [-0.4, -0.2) is 29.4 Å². The zero-order chi connectivity index (χ0) is 16.2. The molecule has 0 aromatic heterocycles. The molecule has 2 aromatic carbocycles. The number of nitrogens with zero attached hydrogens (tertiary/aromatic N) is 1. The Morgan fingerprint density at radius 3 is 2.56 bits per heavy atom. The lowest BCUT2D eigenvalue weighted by Gasteiger charge is -2.20. The second-order valence-electron chi connectivity index (χ2n) is 6.30. The van der Waals surface area contributed by atoms with Gasteiger partial charge in [0.1, 0.15) is 0 Å². The number of likely N-dealkylation sites (tertiary alicyclic amines) is 1. The second-order valence-corrected chi connectivity index (χ2v) is 6.30. The van der Waals surface area contributed by atoms with Gasteiger partial charge in [-0.25, -0.2) is 0 Å². The predicted octanol–water partition coefficient (Wildman–Crippen LogP) is 3.51. The van der Waals surface area contributed by atoms with Crippen molar-refractivity contribution in [2.75, 3.05) is 12.3 Å². The van der Waals surface area contributed by atoms with Crippen LogP contribution in [0.3, 0.4) is 0 Å². The van der Waals surface area contributed by atoms with Gasteiger partial charge in [-0.15, -0.1) is 24.8 Å². The van der Waals surface area contributed by atoms with Crippen molar-refractivity contribution in [3.8, 4) is 0 Å². The van der Waals surface area contributed by atoms with Crippen molar-refractivity contribution in [2.24, 2.45) is 0 Å². The van der Waals surface area contributed by atoms with E-state index < -0.39 is 0 Å². The molecule has 2 unspecified atom stereocenters. The molecule has 3 rings (SSSR count). The van der Waals surface area contributed by atoms with Crippen LogP contribution in [0.1, 0.15) is 29.3 Å². The fourth-order valence-corrected chi connectivity index (χ4v) is 3.19. The van der Waals surface area contributed by atoms with Gasteiger partial charge < -0.3 is 11.1 Å². The van der Waals surface area contributed by atoms with Gasteiger partial charge in [0.05, 0.1) is 0 Å². The Morgan fingerprint density at radius 1 is 1.16 bits per heavy atom. The number of amides is 1. The van der Waals surface area contributed by atoms with Gasteiger partial charge >= 0.3 is 0 Å². The minimum absolute atomic E-state index is 0. The summed E-state index contributed by atoms with van der Waals surface area (Å²) in [5, 5.41) is 3.13. The molecule has 25 heavy (non-hydrogen) atoms. The smallest absolute Gasteiger partial charge is 0.251 e. The molecule has 2 atom stereocenters. The number of carbonyl (C=O) groups excluding carboxylic acids is 1. The van der Waals surface area contributed by atoms with Crippen molar-refractivity contribution in [3.05, 3.63) is 65.7 Å². The molecular weight excluding hydrogens is 357 g/mol.